The van der Waals surface area contributed by atoms with Gasteiger partial charge >= 0.3 is 0 Å². The molecule has 3 nitrogen and oxygen atoms in total. The van der Waals surface area contributed by atoms with Crippen LogP contribution in [0.4, 0.5) is 0 Å². The molecule has 0 aliphatic rings. The van der Waals surface area contributed by atoms with Gasteiger partial charge in [0.1, 0.15) is 5.51 Å². The van der Waals surface area contributed by atoms with Crippen molar-refractivity contribution in [3.8, 4) is 0 Å². The molecule has 0 fully saturated rings. The number of rotatable bonds is 4. The minimum Gasteiger partial charge on any atom is -0.327 e. The first-order chi connectivity index (χ1) is 5.43. The smallest absolute Gasteiger partial charge is 0.174 e. The number of nitrogens with two attached hydrogens (primary N) is 1. The van der Waals surface area contributed by atoms with Crippen LogP contribution in [0.5, 0.6) is 0 Å². The fourth-order valence-corrected chi connectivity index (χ4v) is 1.87. The molecule has 1 aromatic rings. The Labute approximate surface area is 73.7 Å². The van der Waals surface area contributed by atoms with Crippen LogP contribution in [0.15, 0.2) is 22.0 Å². The van der Waals surface area contributed by atoms with Crippen LogP contribution < -0.4 is 5.73 Å². The molecule has 5 heteroatoms. The summed E-state index contributed by atoms with van der Waals surface area (Å²) in [6.07, 6.45) is 3.97. The highest BCUT2D eigenvalue weighted by Gasteiger charge is 1.92. The zero-order chi connectivity index (χ0) is 7.94. The van der Waals surface area contributed by atoms with E-state index < -0.39 is 0 Å². The second kappa shape index (κ2) is 5.29. The Morgan fingerprint density at radius 2 is 2.55 bits per heavy atom. The molecule has 0 saturated heterocycles. The summed E-state index contributed by atoms with van der Waals surface area (Å²) in [5, 5.41) is 7.60. The SMILES string of the molecule is NC/C=C/CSc1nncs1. The summed E-state index contributed by atoms with van der Waals surface area (Å²) in [7, 11) is 0. The van der Waals surface area contributed by atoms with Crippen molar-refractivity contribution in [1.29, 1.82) is 0 Å². The summed E-state index contributed by atoms with van der Waals surface area (Å²) in [5.74, 6) is 0.923. The van der Waals surface area contributed by atoms with Gasteiger partial charge in [-0.15, -0.1) is 10.2 Å². The Kier molecular flexibility index (Phi) is 4.18. The number of hydrogen-bond donors (Lipinski definition) is 1. The van der Waals surface area contributed by atoms with Crippen molar-refractivity contribution < 1.29 is 0 Å². The molecular formula is C6H9N3S2. The lowest BCUT2D eigenvalue weighted by atomic mass is 10.5. The predicted molar refractivity (Wildman–Crippen MR) is 48.8 cm³/mol. The minimum absolute atomic E-state index is 0.608. The van der Waals surface area contributed by atoms with Crippen molar-refractivity contribution in [2.45, 2.75) is 4.34 Å². The maximum atomic E-state index is 5.27. The van der Waals surface area contributed by atoms with E-state index in [0.717, 1.165) is 10.1 Å². The quantitative estimate of drug-likeness (QED) is 0.567. The lowest BCUT2D eigenvalue weighted by Gasteiger charge is -1.87. The third-order valence-corrected chi connectivity index (χ3v) is 2.76. The normalized spacial score (nSPS) is 11.0. The van der Waals surface area contributed by atoms with Crippen molar-refractivity contribution in [3.63, 3.8) is 0 Å². The van der Waals surface area contributed by atoms with Gasteiger partial charge < -0.3 is 5.73 Å². The molecule has 0 aliphatic heterocycles. The Hall–Kier alpha value is -0.390. The number of thioether (sulfide) groups is 1. The number of nitrogens with zero attached hydrogens (tertiary/aromatic N) is 2. The molecule has 1 heterocycles. The topological polar surface area (TPSA) is 51.8 Å². The third kappa shape index (κ3) is 3.50. The van der Waals surface area contributed by atoms with Crippen LogP contribution >= 0.6 is 23.1 Å². The van der Waals surface area contributed by atoms with Crippen LogP contribution in [0, 0.1) is 0 Å². The molecule has 0 atom stereocenters. The molecule has 0 aliphatic carbocycles. The summed E-state index contributed by atoms with van der Waals surface area (Å²) in [4.78, 5) is 0. The molecular weight excluding hydrogens is 178 g/mol. The van der Waals surface area contributed by atoms with Crippen LogP contribution in [-0.4, -0.2) is 22.5 Å². The van der Waals surface area contributed by atoms with E-state index in [1.54, 1.807) is 28.6 Å². The van der Waals surface area contributed by atoms with Crippen molar-refractivity contribution in [3.05, 3.63) is 17.7 Å². The lowest BCUT2D eigenvalue weighted by Crippen LogP contribution is -1.92. The maximum absolute atomic E-state index is 5.27. The first-order valence-corrected chi connectivity index (χ1v) is 5.04. The fraction of sp³-hybridized carbons (Fsp3) is 0.333. The largest absolute Gasteiger partial charge is 0.327 e. The average molecular weight is 187 g/mol. The molecule has 0 radical (unpaired) electrons. The third-order valence-electron chi connectivity index (χ3n) is 0.946. The lowest BCUT2D eigenvalue weighted by molar-refractivity contribution is 1.01. The van der Waals surface area contributed by atoms with Crippen LogP contribution in [0.2, 0.25) is 0 Å². The van der Waals surface area contributed by atoms with E-state index in [-0.39, 0.29) is 0 Å². The second-order valence-electron chi connectivity index (χ2n) is 1.72. The first-order valence-electron chi connectivity index (χ1n) is 3.17. The Morgan fingerprint density at radius 1 is 1.64 bits per heavy atom. The van der Waals surface area contributed by atoms with E-state index in [9.17, 15) is 0 Å². The molecule has 0 unspecified atom stereocenters. The van der Waals surface area contributed by atoms with Crippen molar-refractivity contribution in [1.82, 2.24) is 10.2 Å². The molecule has 0 amide bonds. The molecule has 0 saturated carbocycles. The van der Waals surface area contributed by atoms with Gasteiger partial charge in [0.05, 0.1) is 0 Å². The molecule has 0 spiro atoms. The monoisotopic (exact) mass is 187 g/mol. The van der Waals surface area contributed by atoms with E-state index in [1.165, 1.54) is 0 Å². The van der Waals surface area contributed by atoms with E-state index >= 15 is 0 Å². The van der Waals surface area contributed by atoms with Gasteiger partial charge in [0.15, 0.2) is 4.34 Å². The van der Waals surface area contributed by atoms with Crippen molar-refractivity contribution in [2.24, 2.45) is 5.73 Å². The van der Waals surface area contributed by atoms with Gasteiger partial charge in [0.25, 0.3) is 0 Å². The highest BCUT2D eigenvalue weighted by Crippen LogP contribution is 2.18. The first kappa shape index (κ1) is 8.70. The van der Waals surface area contributed by atoms with Crippen LogP contribution in [0.1, 0.15) is 0 Å². The highest BCUT2D eigenvalue weighted by atomic mass is 32.2. The second-order valence-corrected chi connectivity index (χ2v) is 3.82. The average Bonchev–Trinajstić information content (AvgIpc) is 2.50. The van der Waals surface area contributed by atoms with Gasteiger partial charge in [-0.1, -0.05) is 35.3 Å². The van der Waals surface area contributed by atoms with Gasteiger partial charge in [0, 0.05) is 12.3 Å². The molecule has 1 aromatic heterocycles. The summed E-state index contributed by atoms with van der Waals surface area (Å²) in [6.45, 7) is 0.608. The van der Waals surface area contributed by atoms with Crippen LogP contribution in [0.25, 0.3) is 0 Å². The number of aromatic nitrogens is 2. The van der Waals surface area contributed by atoms with E-state index in [2.05, 4.69) is 10.2 Å². The Morgan fingerprint density at radius 3 is 3.18 bits per heavy atom. The maximum Gasteiger partial charge on any atom is 0.174 e. The summed E-state index contributed by atoms with van der Waals surface area (Å²) in [6, 6.07) is 0. The predicted octanol–water partition coefficient (Wildman–Crippen LogP) is 1.15. The Bertz CT molecular complexity index is 208. The van der Waals surface area contributed by atoms with Gasteiger partial charge in [-0.05, 0) is 0 Å². The molecule has 0 aromatic carbocycles. The van der Waals surface area contributed by atoms with E-state index in [4.69, 9.17) is 5.73 Å². The highest BCUT2D eigenvalue weighted by molar-refractivity contribution is 8.01. The summed E-state index contributed by atoms with van der Waals surface area (Å²) >= 11 is 3.23. The fourth-order valence-electron chi connectivity index (χ4n) is 0.509. The molecule has 0 bridgehead atoms. The van der Waals surface area contributed by atoms with Gasteiger partial charge in [-0.25, -0.2) is 0 Å². The van der Waals surface area contributed by atoms with Gasteiger partial charge in [-0.3, -0.25) is 0 Å². The number of hydrogen-bond acceptors (Lipinski definition) is 5. The van der Waals surface area contributed by atoms with Gasteiger partial charge in [0.2, 0.25) is 0 Å². The molecule has 1 rings (SSSR count). The Balaban J connectivity index is 2.19. The van der Waals surface area contributed by atoms with Crippen LogP contribution in [0.3, 0.4) is 0 Å². The van der Waals surface area contributed by atoms with E-state index in [0.29, 0.717) is 6.54 Å². The summed E-state index contributed by atoms with van der Waals surface area (Å²) in [5.41, 5.74) is 7.00. The molecule has 11 heavy (non-hydrogen) atoms. The zero-order valence-electron chi connectivity index (χ0n) is 5.93. The van der Waals surface area contributed by atoms with Gasteiger partial charge in [-0.2, -0.15) is 0 Å². The van der Waals surface area contributed by atoms with E-state index in [1.807, 2.05) is 12.2 Å². The van der Waals surface area contributed by atoms with Crippen LogP contribution in [-0.2, 0) is 0 Å². The molecule has 2 N–H and O–H groups in total. The van der Waals surface area contributed by atoms with Crippen molar-refractivity contribution in [2.75, 3.05) is 12.3 Å². The summed E-state index contributed by atoms with van der Waals surface area (Å²) < 4.78 is 1.01. The standard InChI is InChI=1S/C6H9N3S2/c7-3-1-2-4-10-6-9-8-5-11-6/h1-2,5H,3-4,7H2/b2-1+. The molecule has 60 valence electrons. The zero-order valence-corrected chi connectivity index (χ0v) is 7.57. The van der Waals surface area contributed by atoms with Crippen molar-refractivity contribution >= 4 is 23.1 Å². The minimum atomic E-state index is 0.608.